The van der Waals surface area contributed by atoms with E-state index in [2.05, 4.69) is 136 Å². The first-order valence-electron chi connectivity index (χ1n) is 11.0. The van der Waals surface area contributed by atoms with Crippen LogP contribution in [0.4, 0.5) is 5.69 Å². The van der Waals surface area contributed by atoms with E-state index in [4.69, 9.17) is 0 Å². The van der Waals surface area contributed by atoms with Crippen molar-refractivity contribution in [3.8, 4) is 0 Å². The van der Waals surface area contributed by atoms with Crippen molar-refractivity contribution in [2.75, 3.05) is 11.9 Å². The highest BCUT2D eigenvalue weighted by atomic mass is 15.1. The number of benzene rings is 4. The predicted octanol–water partition coefficient (Wildman–Crippen LogP) is 8.29. The highest BCUT2D eigenvalue weighted by molar-refractivity contribution is 5.95. The lowest BCUT2D eigenvalue weighted by Crippen LogP contribution is -2.10. The Morgan fingerprint density at radius 1 is 0.781 bits per heavy atom. The molecule has 0 N–H and O–H groups in total. The molecule has 0 spiro atoms. The molecule has 0 aliphatic rings. The van der Waals surface area contributed by atoms with Crippen LogP contribution in [-0.2, 0) is 0 Å². The van der Waals surface area contributed by atoms with Gasteiger partial charge in [0.15, 0.2) is 0 Å². The molecule has 0 saturated carbocycles. The van der Waals surface area contributed by atoms with Gasteiger partial charge in [-0.3, -0.25) is 0 Å². The SMILES string of the molecule is C=C(/C=C(C)\C(=C/N(C)c1cccc2ccccc12)c1ccccc1C)c1ccccc1. The summed E-state index contributed by atoms with van der Waals surface area (Å²) in [6.07, 6.45) is 4.43. The van der Waals surface area contributed by atoms with E-state index in [1.54, 1.807) is 0 Å². The second-order valence-corrected chi connectivity index (χ2v) is 8.19. The molecule has 0 amide bonds. The summed E-state index contributed by atoms with van der Waals surface area (Å²) in [5.74, 6) is 0. The average molecular weight is 416 g/mol. The smallest absolute Gasteiger partial charge is 0.0483 e. The van der Waals surface area contributed by atoms with Crippen LogP contribution in [-0.4, -0.2) is 7.05 Å². The minimum atomic E-state index is 1.01. The van der Waals surface area contributed by atoms with Gasteiger partial charge in [0.2, 0.25) is 0 Å². The monoisotopic (exact) mass is 415 g/mol. The van der Waals surface area contributed by atoms with Crippen LogP contribution in [0.3, 0.4) is 0 Å². The molecule has 0 heterocycles. The van der Waals surface area contributed by atoms with E-state index in [0.29, 0.717) is 0 Å². The maximum atomic E-state index is 4.32. The molecular formula is C31H29N. The predicted molar refractivity (Wildman–Crippen MR) is 141 cm³/mol. The lowest BCUT2D eigenvalue weighted by molar-refractivity contribution is 1.21. The Morgan fingerprint density at radius 3 is 2.22 bits per heavy atom. The summed E-state index contributed by atoms with van der Waals surface area (Å²) >= 11 is 0. The van der Waals surface area contributed by atoms with Gasteiger partial charge in [-0.2, -0.15) is 0 Å². The first-order chi connectivity index (χ1) is 15.5. The van der Waals surface area contributed by atoms with Crippen LogP contribution in [0.15, 0.2) is 121 Å². The van der Waals surface area contributed by atoms with Crippen molar-refractivity contribution in [1.82, 2.24) is 0 Å². The fourth-order valence-corrected chi connectivity index (χ4v) is 4.11. The number of fused-ring (bicyclic) bond motifs is 1. The fourth-order valence-electron chi connectivity index (χ4n) is 4.11. The van der Waals surface area contributed by atoms with Crippen molar-refractivity contribution in [3.05, 3.63) is 138 Å². The van der Waals surface area contributed by atoms with Gasteiger partial charge in [0.05, 0.1) is 0 Å². The Kier molecular flexibility index (Phi) is 6.37. The third-order valence-electron chi connectivity index (χ3n) is 5.86. The molecule has 0 aromatic heterocycles. The Balaban J connectivity index is 1.81. The van der Waals surface area contributed by atoms with Crippen molar-refractivity contribution in [2.24, 2.45) is 0 Å². The van der Waals surface area contributed by atoms with Crippen molar-refractivity contribution in [1.29, 1.82) is 0 Å². The van der Waals surface area contributed by atoms with Gasteiger partial charge in [0.1, 0.15) is 0 Å². The van der Waals surface area contributed by atoms with Gasteiger partial charge in [-0.15, -0.1) is 0 Å². The van der Waals surface area contributed by atoms with Gasteiger partial charge in [0, 0.05) is 29.9 Å². The van der Waals surface area contributed by atoms with Gasteiger partial charge in [0.25, 0.3) is 0 Å². The van der Waals surface area contributed by atoms with Crippen LogP contribution < -0.4 is 4.90 Å². The lowest BCUT2D eigenvalue weighted by atomic mass is 9.93. The number of hydrogen-bond acceptors (Lipinski definition) is 1. The topological polar surface area (TPSA) is 3.24 Å². The van der Waals surface area contributed by atoms with Crippen molar-refractivity contribution >= 4 is 27.6 Å². The minimum Gasteiger partial charge on any atom is -0.350 e. The summed E-state index contributed by atoms with van der Waals surface area (Å²) < 4.78 is 0. The number of hydrogen-bond donors (Lipinski definition) is 0. The van der Waals surface area contributed by atoms with Gasteiger partial charge < -0.3 is 4.90 Å². The largest absolute Gasteiger partial charge is 0.350 e. The lowest BCUT2D eigenvalue weighted by Gasteiger charge is -2.21. The Hall–Kier alpha value is -3.84. The van der Waals surface area contributed by atoms with Crippen LogP contribution in [0, 0.1) is 6.92 Å². The third-order valence-corrected chi connectivity index (χ3v) is 5.86. The highest BCUT2D eigenvalue weighted by Gasteiger charge is 2.11. The first-order valence-corrected chi connectivity index (χ1v) is 11.0. The van der Waals surface area contributed by atoms with Gasteiger partial charge >= 0.3 is 0 Å². The normalized spacial score (nSPS) is 12.1. The van der Waals surface area contributed by atoms with E-state index in [1.807, 2.05) is 6.07 Å². The molecule has 0 bridgehead atoms. The van der Waals surface area contributed by atoms with Gasteiger partial charge in [-0.1, -0.05) is 104 Å². The molecule has 4 rings (SSSR count). The molecule has 1 heteroatoms. The molecular weight excluding hydrogens is 386 g/mol. The van der Waals surface area contributed by atoms with Gasteiger partial charge in [-0.05, 0) is 53.1 Å². The standard InChI is InChI=1S/C31H29N/c1-23-13-8-10-18-28(23)30(25(3)21-24(2)26-14-6-5-7-15-26)22-32(4)31-20-12-17-27-16-9-11-19-29(27)31/h5-22H,2H2,1,3-4H3/b25-21-,30-22+. The zero-order valence-corrected chi connectivity index (χ0v) is 19.0. The van der Waals surface area contributed by atoms with Crippen LogP contribution in [0.2, 0.25) is 0 Å². The average Bonchev–Trinajstić information content (AvgIpc) is 2.83. The zero-order valence-electron chi connectivity index (χ0n) is 19.0. The van der Waals surface area contributed by atoms with Crippen molar-refractivity contribution in [3.63, 3.8) is 0 Å². The number of aryl methyl sites for hydroxylation is 1. The number of rotatable bonds is 6. The Morgan fingerprint density at radius 2 is 1.44 bits per heavy atom. The van der Waals surface area contributed by atoms with Crippen LogP contribution in [0.25, 0.3) is 21.9 Å². The molecule has 32 heavy (non-hydrogen) atoms. The quantitative estimate of drug-likeness (QED) is 0.286. The molecule has 0 aliphatic heterocycles. The van der Waals surface area contributed by atoms with E-state index in [1.165, 1.54) is 38.7 Å². The summed E-state index contributed by atoms with van der Waals surface area (Å²) in [4.78, 5) is 2.23. The number of anilines is 1. The maximum Gasteiger partial charge on any atom is 0.0483 e. The van der Waals surface area contributed by atoms with Gasteiger partial charge in [-0.25, -0.2) is 0 Å². The molecule has 0 aliphatic carbocycles. The molecule has 158 valence electrons. The maximum absolute atomic E-state index is 4.32. The molecule has 0 saturated heterocycles. The van der Waals surface area contributed by atoms with Crippen LogP contribution in [0.5, 0.6) is 0 Å². The van der Waals surface area contributed by atoms with Crippen molar-refractivity contribution in [2.45, 2.75) is 13.8 Å². The molecule has 4 aromatic carbocycles. The Labute approximate surface area is 191 Å². The summed E-state index contributed by atoms with van der Waals surface area (Å²) in [6, 6.07) is 33.9. The second kappa shape index (κ2) is 9.53. The fraction of sp³-hybridized carbons (Fsp3) is 0.0968. The summed E-state index contributed by atoms with van der Waals surface area (Å²) in [5.41, 5.74) is 8.19. The number of allylic oxidation sites excluding steroid dienone is 4. The van der Waals surface area contributed by atoms with Crippen LogP contribution >= 0.6 is 0 Å². The molecule has 0 radical (unpaired) electrons. The van der Waals surface area contributed by atoms with Crippen molar-refractivity contribution < 1.29 is 0 Å². The molecule has 0 unspecified atom stereocenters. The summed E-state index contributed by atoms with van der Waals surface area (Å²) in [6.45, 7) is 8.66. The van der Waals surface area contributed by atoms with Crippen LogP contribution in [0.1, 0.15) is 23.6 Å². The van der Waals surface area contributed by atoms with E-state index in [-0.39, 0.29) is 0 Å². The van der Waals surface area contributed by atoms with E-state index >= 15 is 0 Å². The minimum absolute atomic E-state index is 1.01. The summed E-state index contributed by atoms with van der Waals surface area (Å²) in [7, 11) is 2.12. The zero-order chi connectivity index (χ0) is 22.5. The molecule has 0 atom stereocenters. The van der Waals surface area contributed by atoms with E-state index < -0.39 is 0 Å². The second-order valence-electron chi connectivity index (χ2n) is 8.19. The third kappa shape index (κ3) is 4.58. The Bertz CT molecular complexity index is 1300. The molecule has 1 nitrogen and oxygen atoms in total. The first kappa shape index (κ1) is 21.4. The summed E-state index contributed by atoms with van der Waals surface area (Å²) in [5, 5.41) is 2.49. The van der Waals surface area contributed by atoms with E-state index in [9.17, 15) is 0 Å². The molecule has 4 aromatic rings. The number of nitrogens with zero attached hydrogens (tertiary/aromatic N) is 1. The highest BCUT2D eigenvalue weighted by Crippen LogP contribution is 2.32. The molecule has 0 fully saturated rings. The van der Waals surface area contributed by atoms with E-state index in [0.717, 1.165) is 11.1 Å².